The quantitative estimate of drug-likeness (QED) is 0.940. The van der Waals surface area contributed by atoms with E-state index in [1.54, 1.807) is 6.92 Å². The van der Waals surface area contributed by atoms with E-state index in [0.717, 1.165) is 49.2 Å². The number of hydrogen-bond acceptors (Lipinski definition) is 3. The first-order chi connectivity index (χ1) is 11.7. The smallest absolute Gasteiger partial charge is 0.219 e. The lowest BCUT2D eigenvalue weighted by Gasteiger charge is -2.31. The number of aromatic nitrogens is 1. The van der Waals surface area contributed by atoms with Crippen LogP contribution in [0.1, 0.15) is 30.9 Å². The summed E-state index contributed by atoms with van der Waals surface area (Å²) < 4.78 is 0. The van der Waals surface area contributed by atoms with Crippen molar-refractivity contribution in [3.8, 4) is 11.3 Å². The van der Waals surface area contributed by atoms with Crippen LogP contribution in [0.2, 0.25) is 0 Å². The van der Waals surface area contributed by atoms with Crippen LogP contribution in [0.5, 0.6) is 0 Å². The number of piperidine rings is 1. The molecular formula is C20H24N2O2. The average Bonchev–Trinajstić information content (AvgIpc) is 2.63. The molecule has 1 aliphatic heterocycles. The van der Waals surface area contributed by atoms with Gasteiger partial charge in [0.25, 0.3) is 0 Å². The molecule has 1 saturated heterocycles. The van der Waals surface area contributed by atoms with Gasteiger partial charge in [-0.2, -0.15) is 0 Å². The number of amides is 1. The zero-order valence-electron chi connectivity index (χ0n) is 14.1. The molecule has 0 aliphatic carbocycles. The van der Waals surface area contributed by atoms with E-state index in [-0.39, 0.29) is 12.5 Å². The van der Waals surface area contributed by atoms with Crippen molar-refractivity contribution in [3.05, 3.63) is 53.7 Å². The van der Waals surface area contributed by atoms with Crippen molar-refractivity contribution >= 4 is 5.91 Å². The Morgan fingerprint density at radius 2 is 1.79 bits per heavy atom. The molecule has 2 aromatic rings. The molecule has 1 fully saturated rings. The van der Waals surface area contributed by atoms with E-state index in [0.29, 0.717) is 5.92 Å². The fourth-order valence-corrected chi connectivity index (χ4v) is 3.28. The SMILES string of the molecule is CC(=O)N1CCC(Cc2ccc(-c3ccc(CO)cc3)nc2)CC1. The number of carbonyl (C=O) groups excluding carboxylic acids is 1. The van der Waals surface area contributed by atoms with Crippen LogP contribution in [0.4, 0.5) is 0 Å². The molecule has 0 bridgehead atoms. The molecule has 4 nitrogen and oxygen atoms in total. The molecule has 0 saturated carbocycles. The van der Waals surface area contributed by atoms with E-state index < -0.39 is 0 Å². The van der Waals surface area contributed by atoms with Crippen molar-refractivity contribution in [2.24, 2.45) is 5.92 Å². The molecular weight excluding hydrogens is 300 g/mol. The highest BCUT2D eigenvalue weighted by Crippen LogP contribution is 2.23. The van der Waals surface area contributed by atoms with Crippen molar-refractivity contribution in [2.75, 3.05) is 13.1 Å². The molecule has 1 N–H and O–H groups in total. The number of rotatable bonds is 4. The minimum Gasteiger partial charge on any atom is -0.392 e. The summed E-state index contributed by atoms with van der Waals surface area (Å²) in [6.07, 6.45) is 5.14. The molecule has 0 radical (unpaired) electrons. The Hall–Kier alpha value is -2.20. The molecule has 1 aromatic carbocycles. The predicted octanol–water partition coefficient (Wildman–Crippen LogP) is 3.04. The number of benzene rings is 1. The van der Waals surface area contributed by atoms with E-state index in [4.69, 9.17) is 5.11 Å². The maximum absolute atomic E-state index is 11.4. The maximum atomic E-state index is 11.4. The Morgan fingerprint density at radius 3 is 2.33 bits per heavy atom. The first-order valence-corrected chi connectivity index (χ1v) is 8.56. The number of likely N-dealkylation sites (tertiary alicyclic amines) is 1. The second-order valence-corrected chi connectivity index (χ2v) is 6.56. The van der Waals surface area contributed by atoms with Gasteiger partial charge in [0.05, 0.1) is 12.3 Å². The highest BCUT2D eigenvalue weighted by atomic mass is 16.3. The highest BCUT2D eigenvalue weighted by Gasteiger charge is 2.20. The van der Waals surface area contributed by atoms with E-state index >= 15 is 0 Å². The average molecular weight is 324 g/mol. The van der Waals surface area contributed by atoms with Crippen LogP contribution in [0, 0.1) is 5.92 Å². The van der Waals surface area contributed by atoms with Gasteiger partial charge in [0.1, 0.15) is 0 Å². The Labute approximate surface area is 143 Å². The van der Waals surface area contributed by atoms with Gasteiger partial charge in [-0.3, -0.25) is 9.78 Å². The number of aliphatic hydroxyl groups is 1. The zero-order chi connectivity index (χ0) is 16.9. The van der Waals surface area contributed by atoms with Gasteiger partial charge in [-0.15, -0.1) is 0 Å². The Kier molecular flexibility index (Phi) is 5.26. The summed E-state index contributed by atoms with van der Waals surface area (Å²) in [7, 11) is 0. The van der Waals surface area contributed by atoms with E-state index in [1.165, 1.54) is 5.56 Å². The first kappa shape index (κ1) is 16.7. The molecule has 3 rings (SSSR count). The van der Waals surface area contributed by atoms with Crippen LogP contribution in [-0.4, -0.2) is 34.0 Å². The fourth-order valence-electron chi connectivity index (χ4n) is 3.28. The summed E-state index contributed by atoms with van der Waals surface area (Å²) in [6.45, 7) is 3.47. The second-order valence-electron chi connectivity index (χ2n) is 6.56. The minimum absolute atomic E-state index is 0.0646. The number of nitrogens with zero attached hydrogens (tertiary/aromatic N) is 2. The van der Waals surface area contributed by atoms with Crippen LogP contribution in [0.25, 0.3) is 11.3 Å². The van der Waals surface area contributed by atoms with Crippen LogP contribution in [0.15, 0.2) is 42.6 Å². The normalized spacial score (nSPS) is 15.5. The first-order valence-electron chi connectivity index (χ1n) is 8.56. The lowest BCUT2D eigenvalue weighted by Crippen LogP contribution is -2.37. The molecule has 4 heteroatoms. The third-order valence-electron chi connectivity index (χ3n) is 4.84. The monoisotopic (exact) mass is 324 g/mol. The van der Waals surface area contributed by atoms with Crippen molar-refractivity contribution in [1.29, 1.82) is 0 Å². The third-order valence-corrected chi connectivity index (χ3v) is 4.84. The largest absolute Gasteiger partial charge is 0.392 e. The number of pyridine rings is 1. The lowest BCUT2D eigenvalue weighted by molar-refractivity contribution is -0.130. The van der Waals surface area contributed by atoms with E-state index in [9.17, 15) is 4.79 Å². The molecule has 1 aliphatic rings. The van der Waals surface area contributed by atoms with Gasteiger partial charge in [-0.1, -0.05) is 30.3 Å². The van der Waals surface area contributed by atoms with Gasteiger partial charge in [0.2, 0.25) is 5.91 Å². The molecule has 24 heavy (non-hydrogen) atoms. The fraction of sp³-hybridized carbons (Fsp3) is 0.400. The second kappa shape index (κ2) is 7.58. The van der Waals surface area contributed by atoms with Gasteiger partial charge < -0.3 is 10.0 Å². The van der Waals surface area contributed by atoms with Crippen LogP contribution in [-0.2, 0) is 17.8 Å². The molecule has 126 valence electrons. The van der Waals surface area contributed by atoms with Gasteiger partial charge in [0.15, 0.2) is 0 Å². The maximum Gasteiger partial charge on any atom is 0.219 e. The molecule has 2 heterocycles. The topological polar surface area (TPSA) is 53.4 Å². The van der Waals surface area contributed by atoms with Crippen molar-refractivity contribution in [3.63, 3.8) is 0 Å². The summed E-state index contributed by atoms with van der Waals surface area (Å²) in [4.78, 5) is 17.9. The number of hydrogen-bond donors (Lipinski definition) is 1. The van der Waals surface area contributed by atoms with Gasteiger partial charge in [-0.05, 0) is 42.4 Å². The number of carbonyl (C=O) groups is 1. The lowest BCUT2D eigenvalue weighted by atomic mass is 9.90. The van der Waals surface area contributed by atoms with E-state index in [2.05, 4.69) is 17.1 Å². The predicted molar refractivity (Wildman–Crippen MR) is 94.3 cm³/mol. The molecule has 1 aromatic heterocycles. The van der Waals surface area contributed by atoms with Crippen LogP contribution >= 0.6 is 0 Å². The zero-order valence-corrected chi connectivity index (χ0v) is 14.1. The van der Waals surface area contributed by atoms with Gasteiger partial charge in [-0.25, -0.2) is 0 Å². The summed E-state index contributed by atoms with van der Waals surface area (Å²) in [6, 6.07) is 12.0. The molecule has 0 unspecified atom stereocenters. The molecule has 0 atom stereocenters. The Balaban J connectivity index is 1.59. The molecule has 0 spiro atoms. The number of aliphatic hydroxyl groups excluding tert-OH is 1. The summed E-state index contributed by atoms with van der Waals surface area (Å²) in [5, 5.41) is 9.10. The van der Waals surface area contributed by atoms with Crippen molar-refractivity contribution in [1.82, 2.24) is 9.88 Å². The molecule has 1 amide bonds. The summed E-state index contributed by atoms with van der Waals surface area (Å²) in [5.41, 5.74) is 4.18. The van der Waals surface area contributed by atoms with Crippen molar-refractivity contribution in [2.45, 2.75) is 32.8 Å². The van der Waals surface area contributed by atoms with Crippen molar-refractivity contribution < 1.29 is 9.90 Å². The van der Waals surface area contributed by atoms with Crippen LogP contribution in [0.3, 0.4) is 0 Å². The standard InChI is InChI=1S/C20H24N2O2/c1-15(24)22-10-8-16(9-11-22)12-18-4-7-20(21-13-18)19-5-2-17(14-23)3-6-19/h2-7,13,16,23H,8-12,14H2,1H3. The summed E-state index contributed by atoms with van der Waals surface area (Å²) in [5.74, 6) is 0.823. The van der Waals surface area contributed by atoms with Crippen LogP contribution < -0.4 is 0 Å². The Bertz CT molecular complexity index is 672. The summed E-state index contributed by atoms with van der Waals surface area (Å²) >= 11 is 0. The highest BCUT2D eigenvalue weighted by molar-refractivity contribution is 5.73. The Morgan fingerprint density at radius 1 is 1.12 bits per heavy atom. The van der Waals surface area contributed by atoms with Gasteiger partial charge in [0, 0.05) is 31.8 Å². The van der Waals surface area contributed by atoms with E-state index in [1.807, 2.05) is 35.4 Å². The van der Waals surface area contributed by atoms with Gasteiger partial charge >= 0.3 is 0 Å². The minimum atomic E-state index is 0.0646. The third kappa shape index (κ3) is 4.01.